The van der Waals surface area contributed by atoms with Crippen LogP contribution in [-0.2, 0) is 96.7 Å². The SMILES string of the molecule is CCSSc1cccc(C)c1OC(=O)C[C@H](NC(=O)[C@H](Cc1ccccc1)NC(=O)[C@H](C(C)C)N(C)C(=O)[C@H](CC(C)C)N(C)C(=O)CNC(=O)[C@H](Cc1ccccc1)N(C)C(=O)[C@@H](NC(=O)[C@H](CC(C)C)N(C)C(=O)[C@@H](NC(=O)[C@H](C)N(C)C(=O)OC(C)(C)C)C(C)C)[C@@H](C)OC(c1ccccc1)(c1ccccc1)c1ccccc1)C(=O)N(C)[C@@H](Cc1ccccc1)C(=O)N[C@@H](C)C(=O)N1CCCCC1. The molecule has 0 aromatic heterocycles. The average Bonchev–Trinajstić information content (AvgIpc) is 0.746. The van der Waals surface area contributed by atoms with E-state index in [1.54, 1.807) is 177 Å². The Labute approximate surface area is 840 Å². The number of likely N-dealkylation sites (N-methyl/N-ethyl adjacent to an activating group) is 6. The van der Waals surface area contributed by atoms with E-state index in [4.69, 9.17) is 14.2 Å². The third-order valence-electron chi connectivity index (χ3n) is 25.3. The molecule has 13 amide bonds. The van der Waals surface area contributed by atoms with Gasteiger partial charge in [-0.1, -0.05) is 278 Å². The van der Waals surface area contributed by atoms with E-state index < -0.39 is 186 Å². The Kier molecular flexibility index (Phi) is 43.6. The third kappa shape index (κ3) is 32.0. The lowest BCUT2D eigenvalue weighted by Crippen LogP contribution is -2.63. The Hall–Kier alpha value is -12.4. The molecule has 30 nitrogen and oxygen atoms in total. The van der Waals surface area contributed by atoms with Gasteiger partial charge in [-0.2, -0.15) is 0 Å². The minimum Gasteiger partial charge on any atom is -0.444 e. The topological polar surface area (TPSA) is 362 Å². The number of ether oxygens (including phenoxy) is 3. The zero-order valence-electron chi connectivity index (χ0n) is 85.9. The van der Waals surface area contributed by atoms with Crippen molar-refractivity contribution in [3.8, 4) is 5.75 Å². The Balaban J connectivity index is 1.11. The zero-order chi connectivity index (χ0) is 104. The van der Waals surface area contributed by atoms with Crippen molar-refractivity contribution in [2.24, 2.45) is 23.7 Å². The summed E-state index contributed by atoms with van der Waals surface area (Å²) in [5.41, 5.74) is 1.97. The number of likely N-dealkylation sites (tertiary alicyclic amines) is 1. The van der Waals surface area contributed by atoms with E-state index in [0.29, 0.717) is 56.9 Å². The maximum Gasteiger partial charge on any atom is 0.410 e. The van der Waals surface area contributed by atoms with Crippen molar-refractivity contribution in [1.82, 2.24) is 66.2 Å². The Morgan fingerprint density at radius 3 is 1.35 bits per heavy atom. The normalized spacial score (nSPS) is 14.8. The number of aryl methyl sites for hydroxylation is 1. The molecule has 0 saturated carbocycles. The number of rotatable bonds is 48. The minimum absolute atomic E-state index is 0.0368. The van der Waals surface area contributed by atoms with Crippen LogP contribution in [0.3, 0.4) is 0 Å². The molecule has 1 fully saturated rings. The summed E-state index contributed by atoms with van der Waals surface area (Å²) in [6, 6.07) is 44.8. The standard InChI is InChI=1S/C109H147N13O17S2/c1-23-140-141-89-59-45-46-73(10)95(89)137-91(124)67-84(103(132)118(19)87(66-79-51-35-26-36-52-79)99(128)111-74(11)102(131)122-60-43-30-44-61-122)113-97(126)83(64-77-47-31-24-32-48-77)112-101(130)94(72(8)9)121(22)104(133)88(63-70(4)5)117(18)90(123)68-110-98(127)86(65-78-49-33-25-34-50-78)120(21)106(135)93(76(13)138-109(80-53-37-27-38-54-80,81-55-39-28-40-56-81)82-57-41-29-42-58-82)115-100(129)85(62-69(2)3)119(20)105(134)92(71(6)7)114-96(125)75(12)116(17)107(136)139-108(14,15)16/h24-29,31-42,45-59,69-72,74-76,83-88,92-94H,23,30,43-44,60-68H2,1-22H3,(H,110,127)(H,111,128)(H,112,130)(H,113,126)(H,114,125)(H,115,129)/t74-,75-,76+,83-,84-,85-,86-,87-,88-,92-,93-,94-/m0/s1. The number of carbonyl (C=O) groups is 14. The molecule has 1 aliphatic rings. The fourth-order valence-electron chi connectivity index (χ4n) is 17.2. The number of benzene rings is 7. The molecule has 32 heteroatoms. The molecule has 12 atom stereocenters. The van der Waals surface area contributed by atoms with Gasteiger partial charge >= 0.3 is 12.1 Å². The van der Waals surface area contributed by atoms with Gasteiger partial charge in [-0.25, -0.2) is 4.79 Å². The number of para-hydroxylation sites is 1. The minimum atomic E-state index is -1.77. The van der Waals surface area contributed by atoms with Crippen LogP contribution in [0.4, 0.5) is 4.79 Å². The monoisotopic (exact) mass is 1970 g/mol. The van der Waals surface area contributed by atoms with Crippen molar-refractivity contribution >= 4 is 105 Å². The molecular weight excluding hydrogens is 1830 g/mol. The first-order valence-corrected chi connectivity index (χ1v) is 51.0. The number of nitrogens with one attached hydrogen (secondary N) is 6. The summed E-state index contributed by atoms with van der Waals surface area (Å²) in [7, 11) is 11.4. The van der Waals surface area contributed by atoms with Gasteiger partial charge in [0.2, 0.25) is 70.9 Å². The van der Waals surface area contributed by atoms with E-state index >= 15 is 43.2 Å². The second kappa shape index (κ2) is 54.0. The Morgan fingerprint density at radius 2 is 0.872 bits per heavy atom. The van der Waals surface area contributed by atoms with E-state index in [9.17, 15) is 24.0 Å². The van der Waals surface area contributed by atoms with Crippen LogP contribution in [0, 0.1) is 30.6 Å². The molecule has 141 heavy (non-hydrogen) atoms. The second-order valence-electron chi connectivity index (χ2n) is 39.0. The van der Waals surface area contributed by atoms with Gasteiger partial charge in [-0.3, -0.25) is 67.2 Å². The van der Waals surface area contributed by atoms with Gasteiger partial charge < -0.3 is 75.5 Å². The smallest absolute Gasteiger partial charge is 0.410 e. The molecule has 0 spiro atoms. The highest BCUT2D eigenvalue weighted by Gasteiger charge is 2.48. The molecule has 8 rings (SSSR count). The van der Waals surface area contributed by atoms with Crippen molar-refractivity contribution in [2.75, 3.05) is 67.7 Å². The van der Waals surface area contributed by atoms with Crippen LogP contribution in [0.15, 0.2) is 205 Å². The number of amides is 13. The summed E-state index contributed by atoms with van der Waals surface area (Å²) in [4.78, 5) is 221. The van der Waals surface area contributed by atoms with Crippen molar-refractivity contribution < 1.29 is 81.3 Å². The summed E-state index contributed by atoms with van der Waals surface area (Å²) in [6.07, 6.45) is -0.598. The van der Waals surface area contributed by atoms with E-state index in [1.165, 1.54) is 90.4 Å². The van der Waals surface area contributed by atoms with E-state index in [2.05, 4.69) is 31.9 Å². The first kappa shape index (κ1) is 114. The highest BCUT2D eigenvalue weighted by Crippen LogP contribution is 2.43. The molecule has 7 aromatic rings. The fourth-order valence-corrected chi connectivity index (χ4v) is 19.0. The van der Waals surface area contributed by atoms with Crippen LogP contribution in [0.25, 0.3) is 0 Å². The molecular formula is C109H147N13O17S2. The van der Waals surface area contributed by atoms with Gasteiger partial charge in [-0.15, -0.1) is 0 Å². The molecule has 0 unspecified atom stereocenters. The number of hydrogen-bond acceptors (Lipinski definition) is 19. The van der Waals surface area contributed by atoms with Crippen LogP contribution < -0.4 is 36.6 Å². The lowest BCUT2D eigenvalue weighted by molar-refractivity contribution is -0.151. The number of carbonyl (C=O) groups excluding carboxylic acids is 14. The molecule has 762 valence electrons. The molecule has 0 aliphatic carbocycles. The fraction of sp³-hybridized carbons (Fsp3) is 0.486. The maximum absolute atomic E-state index is 16.5. The van der Waals surface area contributed by atoms with Crippen LogP contribution in [0.2, 0.25) is 0 Å². The van der Waals surface area contributed by atoms with Gasteiger partial charge in [0, 0.05) is 80.4 Å². The summed E-state index contributed by atoms with van der Waals surface area (Å²) in [5, 5.41) is 17.2. The molecule has 6 N–H and O–H groups in total. The first-order chi connectivity index (χ1) is 66.8. The third-order valence-corrected chi connectivity index (χ3v) is 27.7. The van der Waals surface area contributed by atoms with E-state index in [0.717, 1.165) is 34.8 Å². The lowest BCUT2D eigenvalue weighted by atomic mass is 9.79. The van der Waals surface area contributed by atoms with Gasteiger partial charge in [0.15, 0.2) is 0 Å². The summed E-state index contributed by atoms with van der Waals surface area (Å²) < 4.78 is 19.2. The van der Waals surface area contributed by atoms with E-state index in [-0.39, 0.29) is 55.6 Å². The number of esters is 1. The van der Waals surface area contributed by atoms with Gasteiger partial charge in [0.25, 0.3) is 0 Å². The Morgan fingerprint density at radius 1 is 0.426 bits per heavy atom. The van der Waals surface area contributed by atoms with Crippen molar-refractivity contribution in [1.29, 1.82) is 0 Å². The van der Waals surface area contributed by atoms with Crippen LogP contribution >= 0.6 is 21.6 Å². The molecule has 1 saturated heterocycles. The van der Waals surface area contributed by atoms with Gasteiger partial charge in [-0.05, 0) is 149 Å². The van der Waals surface area contributed by atoms with Crippen LogP contribution in [-0.4, -0.2) is 263 Å². The predicted octanol–water partition coefficient (Wildman–Crippen LogP) is 12.5. The zero-order valence-corrected chi connectivity index (χ0v) is 87.5. The summed E-state index contributed by atoms with van der Waals surface area (Å²) >= 11 is 0. The number of piperidine rings is 1. The number of hydrogen-bond donors (Lipinski definition) is 6. The average molecular weight is 1980 g/mol. The molecule has 1 aliphatic heterocycles. The van der Waals surface area contributed by atoms with Crippen molar-refractivity contribution in [3.05, 3.63) is 239 Å². The van der Waals surface area contributed by atoms with Gasteiger partial charge in [0.05, 0.1) is 24.0 Å². The highest BCUT2D eigenvalue weighted by atomic mass is 33.1. The summed E-state index contributed by atoms with van der Waals surface area (Å²) in [6.45, 7) is 28.1. The van der Waals surface area contributed by atoms with Crippen molar-refractivity contribution in [2.45, 2.75) is 257 Å². The molecule has 0 radical (unpaired) electrons. The van der Waals surface area contributed by atoms with Crippen LogP contribution in [0.1, 0.15) is 181 Å². The maximum atomic E-state index is 16.5. The van der Waals surface area contributed by atoms with Crippen LogP contribution in [0.5, 0.6) is 5.75 Å². The largest absolute Gasteiger partial charge is 0.444 e. The molecule has 1 heterocycles. The second-order valence-corrected chi connectivity index (χ2v) is 41.6. The predicted molar refractivity (Wildman–Crippen MR) is 549 cm³/mol. The lowest BCUT2D eigenvalue weighted by Gasteiger charge is -2.41. The first-order valence-electron chi connectivity index (χ1n) is 48.7. The van der Waals surface area contributed by atoms with Crippen molar-refractivity contribution in [3.63, 3.8) is 0 Å². The molecule has 7 aromatic carbocycles. The summed E-state index contributed by atoms with van der Waals surface area (Å²) in [5.74, 6) is -10.6. The quantitative estimate of drug-likeness (QED) is 0.00893. The number of nitrogens with zero attached hydrogens (tertiary/aromatic N) is 7. The molecule has 0 bridgehead atoms. The highest BCUT2D eigenvalue weighted by molar-refractivity contribution is 8.76. The van der Waals surface area contributed by atoms with E-state index in [1.807, 2.05) is 132 Å². The Bertz CT molecular complexity index is 5230. The van der Waals surface area contributed by atoms with Gasteiger partial charge in [0.1, 0.15) is 83.4 Å².